The lowest BCUT2D eigenvalue weighted by Gasteiger charge is -2.27. The number of rotatable bonds is 8. The van der Waals surface area contributed by atoms with E-state index in [0.717, 1.165) is 25.7 Å². The number of unbranched alkanes of at least 4 members (excludes halogenated alkanes) is 3. The highest BCUT2D eigenvalue weighted by Crippen LogP contribution is 2.38. The number of hydrogen-bond acceptors (Lipinski definition) is 3. The first-order valence-corrected chi connectivity index (χ1v) is 9.74. The van der Waals surface area contributed by atoms with Gasteiger partial charge in [0.15, 0.2) is 5.78 Å². The molecule has 1 aliphatic heterocycles. The van der Waals surface area contributed by atoms with Crippen LogP contribution in [0.3, 0.4) is 0 Å². The zero-order valence-electron chi connectivity index (χ0n) is 15.9. The molecule has 0 spiro atoms. The molecule has 28 heavy (non-hydrogen) atoms. The summed E-state index contributed by atoms with van der Waals surface area (Å²) in [6, 6.07) is 13.5. The first-order chi connectivity index (χ1) is 13.5. The minimum absolute atomic E-state index is 0.371. The fourth-order valence-corrected chi connectivity index (χ4v) is 3.75. The number of carbonyl (C=O) groups is 3. The van der Waals surface area contributed by atoms with Gasteiger partial charge in [-0.2, -0.15) is 0 Å². The first-order valence-electron chi connectivity index (χ1n) is 9.74. The fourth-order valence-electron chi connectivity index (χ4n) is 3.75. The van der Waals surface area contributed by atoms with E-state index in [1.807, 2.05) is 0 Å². The number of nitrogens with zero attached hydrogens (tertiary/aromatic N) is 1. The number of halogens is 1. The third kappa shape index (κ3) is 4.03. The molecule has 0 N–H and O–H groups in total. The number of carbonyl (C=O) groups excluding carboxylic acids is 3. The van der Waals surface area contributed by atoms with Gasteiger partial charge in [-0.05, 0) is 24.1 Å². The van der Waals surface area contributed by atoms with Crippen molar-refractivity contribution < 1.29 is 18.8 Å². The number of amides is 1. The zero-order valence-corrected chi connectivity index (χ0v) is 15.9. The van der Waals surface area contributed by atoms with Crippen molar-refractivity contribution in [2.24, 2.45) is 5.92 Å². The van der Waals surface area contributed by atoms with E-state index in [0.29, 0.717) is 17.7 Å². The van der Waals surface area contributed by atoms with E-state index in [2.05, 4.69) is 6.92 Å². The van der Waals surface area contributed by atoms with E-state index in [1.165, 1.54) is 17.0 Å². The SMILES string of the molecule is CCCCCCN1C(=O)C(=O)C(C(=O)c2ccccc2)C1c1ccc(F)cc1. The lowest BCUT2D eigenvalue weighted by molar-refractivity contribution is -0.140. The van der Waals surface area contributed by atoms with E-state index in [-0.39, 0.29) is 5.78 Å². The van der Waals surface area contributed by atoms with E-state index in [1.54, 1.807) is 42.5 Å². The Balaban J connectivity index is 1.96. The lowest BCUT2D eigenvalue weighted by Crippen LogP contribution is -2.31. The summed E-state index contributed by atoms with van der Waals surface area (Å²) in [5.41, 5.74) is 0.999. The summed E-state index contributed by atoms with van der Waals surface area (Å²) in [7, 11) is 0. The summed E-state index contributed by atoms with van der Waals surface area (Å²) in [5, 5.41) is 0. The van der Waals surface area contributed by atoms with Gasteiger partial charge in [0.2, 0.25) is 5.78 Å². The Morgan fingerprint density at radius 3 is 2.29 bits per heavy atom. The minimum Gasteiger partial charge on any atom is -0.328 e. The van der Waals surface area contributed by atoms with Gasteiger partial charge in [0.1, 0.15) is 11.7 Å². The molecular weight excluding hydrogens is 357 g/mol. The lowest BCUT2D eigenvalue weighted by atomic mass is 9.86. The van der Waals surface area contributed by atoms with Gasteiger partial charge in [-0.3, -0.25) is 14.4 Å². The molecule has 2 aromatic carbocycles. The van der Waals surface area contributed by atoms with Crippen molar-refractivity contribution in [2.45, 2.75) is 38.6 Å². The molecule has 0 bridgehead atoms. The highest BCUT2D eigenvalue weighted by atomic mass is 19.1. The second-order valence-corrected chi connectivity index (χ2v) is 7.13. The Bertz CT molecular complexity index is 848. The fraction of sp³-hybridized carbons (Fsp3) is 0.348. The van der Waals surface area contributed by atoms with Crippen molar-refractivity contribution in [3.63, 3.8) is 0 Å². The van der Waals surface area contributed by atoms with Crippen LogP contribution in [-0.2, 0) is 9.59 Å². The summed E-state index contributed by atoms with van der Waals surface area (Å²) in [5.74, 6) is -3.19. The van der Waals surface area contributed by atoms with Crippen molar-refractivity contribution in [1.82, 2.24) is 4.90 Å². The Morgan fingerprint density at radius 1 is 0.964 bits per heavy atom. The van der Waals surface area contributed by atoms with Crippen LogP contribution in [-0.4, -0.2) is 28.9 Å². The van der Waals surface area contributed by atoms with Gasteiger partial charge < -0.3 is 4.90 Å². The van der Waals surface area contributed by atoms with Crippen molar-refractivity contribution >= 4 is 17.5 Å². The number of hydrogen-bond donors (Lipinski definition) is 0. The molecule has 146 valence electrons. The van der Waals surface area contributed by atoms with Gasteiger partial charge in [-0.15, -0.1) is 0 Å². The number of benzene rings is 2. The van der Waals surface area contributed by atoms with E-state index < -0.39 is 29.5 Å². The van der Waals surface area contributed by atoms with Crippen LogP contribution in [0, 0.1) is 11.7 Å². The molecule has 1 amide bonds. The summed E-state index contributed by atoms with van der Waals surface area (Å²) < 4.78 is 13.4. The summed E-state index contributed by atoms with van der Waals surface area (Å²) in [6.07, 6.45) is 3.81. The number of likely N-dealkylation sites (tertiary alicyclic amines) is 1. The van der Waals surface area contributed by atoms with Gasteiger partial charge in [-0.1, -0.05) is 68.7 Å². The topological polar surface area (TPSA) is 54.5 Å². The van der Waals surface area contributed by atoms with E-state index >= 15 is 0 Å². The van der Waals surface area contributed by atoms with Crippen LogP contribution in [0.4, 0.5) is 4.39 Å². The normalized spacial score (nSPS) is 19.3. The minimum atomic E-state index is -1.11. The molecule has 1 heterocycles. The Kier molecular flexibility index (Phi) is 6.34. The second kappa shape index (κ2) is 8.91. The standard InChI is InChI=1S/C23H24FNO3/c1-2-3-4-8-15-25-20(16-11-13-18(24)14-12-16)19(22(27)23(25)28)21(26)17-9-6-5-7-10-17/h5-7,9-14,19-20H,2-4,8,15H2,1H3. The summed E-state index contributed by atoms with van der Waals surface area (Å²) in [6.45, 7) is 2.51. The summed E-state index contributed by atoms with van der Waals surface area (Å²) in [4.78, 5) is 40.1. The average molecular weight is 381 g/mol. The molecule has 0 aromatic heterocycles. The van der Waals surface area contributed by atoms with Gasteiger partial charge in [0.05, 0.1) is 6.04 Å². The predicted molar refractivity (Wildman–Crippen MR) is 104 cm³/mol. The molecule has 1 saturated heterocycles. The highest BCUT2D eigenvalue weighted by Gasteiger charge is 2.51. The van der Waals surface area contributed by atoms with E-state index in [4.69, 9.17) is 0 Å². The molecule has 2 atom stereocenters. The Morgan fingerprint density at radius 2 is 1.64 bits per heavy atom. The van der Waals surface area contributed by atoms with Gasteiger partial charge in [-0.25, -0.2) is 4.39 Å². The number of ketones is 2. The van der Waals surface area contributed by atoms with Crippen molar-refractivity contribution in [2.75, 3.05) is 6.54 Å². The first kappa shape index (κ1) is 19.9. The largest absolute Gasteiger partial charge is 0.328 e. The average Bonchev–Trinajstić information content (AvgIpc) is 2.97. The molecule has 3 rings (SSSR count). The van der Waals surface area contributed by atoms with Crippen molar-refractivity contribution in [3.05, 3.63) is 71.5 Å². The van der Waals surface area contributed by atoms with Crippen LogP contribution in [0.25, 0.3) is 0 Å². The predicted octanol–water partition coefficient (Wildman–Crippen LogP) is 4.36. The van der Waals surface area contributed by atoms with Crippen LogP contribution < -0.4 is 0 Å². The van der Waals surface area contributed by atoms with Crippen LogP contribution in [0.5, 0.6) is 0 Å². The molecule has 1 fully saturated rings. The quantitative estimate of drug-likeness (QED) is 0.295. The van der Waals surface area contributed by atoms with E-state index in [9.17, 15) is 18.8 Å². The molecule has 0 radical (unpaired) electrons. The molecule has 2 unspecified atom stereocenters. The molecule has 1 aliphatic rings. The maximum absolute atomic E-state index is 13.4. The third-order valence-corrected chi connectivity index (χ3v) is 5.21. The molecular formula is C23H24FNO3. The third-order valence-electron chi connectivity index (χ3n) is 5.21. The summed E-state index contributed by atoms with van der Waals surface area (Å²) >= 11 is 0. The highest BCUT2D eigenvalue weighted by molar-refractivity contribution is 6.44. The zero-order chi connectivity index (χ0) is 20.1. The Hall–Kier alpha value is -2.82. The molecule has 5 heteroatoms. The van der Waals surface area contributed by atoms with Crippen molar-refractivity contribution in [1.29, 1.82) is 0 Å². The van der Waals surface area contributed by atoms with Crippen LogP contribution >= 0.6 is 0 Å². The molecule has 0 saturated carbocycles. The molecule has 2 aromatic rings. The Labute approximate surface area is 164 Å². The van der Waals surface area contributed by atoms with Crippen molar-refractivity contribution in [3.8, 4) is 0 Å². The molecule has 0 aliphatic carbocycles. The van der Waals surface area contributed by atoms with Crippen LogP contribution in [0.2, 0.25) is 0 Å². The maximum Gasteiger partial charge on any atom is 0.291 e. The van der Waals surface area contributed by atoms with Gasteiger partial charge >= 0.3 is 0 Å². The molecule has 4 nitrogen and oxygen atoms in total. The van der Waals surface area contributed by atoms with Crippen LogP contribution in [0.1, 0.15) is 54.6 Å². The van der Waals surface area contributed by atoms with Gasteiger partial charge in [0, 0.05) is 12.1 Å². The maximum atomic E-state index is 13.4. The monoisotopic (exact) mass is 381 g/mol. The van der Waals surface area contributed by atoms with Crippen LogP contribution in [0.15, 0.2) is 54.6 Å². The smallest absolute Gasteiger partial charge is 0.291 e. The van der Waals surface area contributed by atoms with Gasteiger partial charge in [0.25, 0.3) is 5.91 Å². The second-order valence-electron chi connectivity index (χ2n) is 7.13. The number of Topliss-reactive ketones (excluding diaryl/α,β-unsaturated/α-hetero) is 2.